The van der Waals surface area contributed by atoms with Crippen LogP contribution in [-0.2, 0) is 13.0 Å². The fraction of sp³-hybridized carbons (Fsp3) is 0.250. The third kappa shape index (κ3) is 4.46. The lowest BCUT2D eigenvalue weighted by Gasteiger charge is -2.13. The Balaban J connectivity index is 1.47. The Morgan fingerprint density at radius 2 is 1.79 bits per heavy atom. The van der Waals surface area contributed by atoms with Gasteiger partial charge >= 0.3 is 0 Å². The summed E-state index contributed by atoms with van der Waals surface area (Å²) in [5, 5.41) is 17.3. The van der Waals surface area contributed by atoms with E-state index in [4.69, 9.17) is 0 Å². The highest BCUT2D eigenvalue weighted by atomic mass is 16.3. The van der Waals surface area contributed by atoms with Crippen LogP contribution < -0.4 is 5.32 Å². The summed E-state index contributed by atoms with van der Waals surface area (Å²) in [6, 6.07) is 18.0. The molecule has 24 heavy (non-hydrogen) atoms. The van der Waals surface area contributed by atoms with Gasteiger partial charge in [-0.15, -0.1) is 0 Å². The molecule has 1 atom stereocenters. The van der Waals surface area contributed by atoms with Crippen molar-refractivity contribution in [3.05, 3.63) is 78.1 Å². The fourth-order valence-corrected chi connectivity index (χ4v) is 2.61. The van der Waals surface area contributed by atoms with Crippen molar-refractivity contribution in [2.45, 2.75) is 32.4 Å². The van der Waals surface area contributed by atoms with Crippen LogP contribution in [0.25, 0.3) is 5.69 Å². The number of nitrogens with zero attached hydrogens (tertiary/aromatic N) is 2. The Hall–Kier alpha value is -2.59. The number of aromatic hydroxyl groups is 1. The third-order valence-electron chi connectivity index (χ3n) is 4.11. The van der Waals surface area contributed by atoms with Crippen molar-refractivity contribution in [2.75, 3.05) is 0 Å². The predicted molar refractivity (Wildman–Crippen MR) is 96.3 cm³/mol. The summed E-state index contributed by atoms with van der Waals surface area (Å²) < 4.78 is 1.90. The monoisotopic (exact) mass is 321 g/mol. The Morgan fingerprint density at radius 1 is 1.04 bits per heavy atom. The number of hydrogen-bond donors (Lipinski definition) is 2. The van der Waals surface area contributed by atoms with Crippen molar-refractivity contribution >= 4 is 0 Å². The average molecular weight is 321 g/mol. The highest BCUT2D eigenvalue weighted by Gasteiger charge is 2.05. The van der Waals surface area contributed by atoms with E-state index in [-0.39, 0.29) is 0 Å². The molecule has 1 aromatic heterocycles. The normalized spacial score (nSPS) is 12.2. The molecule has 124 valence electrons. The van der Waals surface area contributed by atoms with E-state index >= 15 is 0 Å². The standard InChI is InChI=1S/C20H23N3O/c1-16(7-8-17-9-11-20(24)12-10-17)21-13-18-14-22-23(15-18)19-5-3-2-4-6-19/h2-6,9-12,14-16,21,24H,7-8,13H2,1H3. The highest BCUT2D eigenvalue weighted by molar-refractivity contribution is 5.31. The molecule has 0 radical (unpaired) electrons. The minimum atomic E-state index is 0.320. The first-order valence-corrected chi connectivity index (χ1v) is 8.31. The van der Waals surface area contributed by atoms with Gasteiger partial charge in [-0.3, -0.25) is 0 Å². The molecule has 1 unspecified atom stereocenters. The molecular weight excluding hydrogens is 298 g/mol. The first kappa shape index (κ1) is 16.3. The predicted octanol–water partition coefficient (Wildman–Crippen LogP) is 3.69. The average Bonchev–Trinajstić information content (AvgIpc) is 3.09. The molecule has 3 aromatic rings. The number of aromatic nitrogens is 2. The van der Waals surface area contributed by atoms with E-state index in [0.29, 0.717) is 11.8 Å². The number of aryl methyl sites for hydroxylation is 1. The molecule has 0 bridgehead atoms. The first-order valence-electron chi connectivity index (χ1n) is 8.31. The van der Waals surface area contributed by atoms with Gasteiger partial charge in [0.2, 0.25) is 0 Å². The van der Waals surface area contributed by atoms with E-state index in [2.05, 4.69) is 23.5 Å². The van der Waals surface area contributed by atoms with Crippen LogP contribution in [-0.4, -0.2) is 20.9 Å². The molecule has 3 rings (SSSR count). The second-order valence-electron chi connectivity index (χ2n) is 6.12. The fourth-order valence-electron chi connectivity index (χ4n) is 2.61. The topological polar surface area (TPSA) is 50.1 Å². The molecule has 4 heteroatoms. The van der Waals surface area contributed by atoms with Crippen LogP contribution in [0.2, 0.25) is 0 Å². The van der Waals surface area contributed by atoms with Gasteiger partial charge in [-0.05, 0) is 49.6 Å². The van der Waals surface area contributed by atoms with Crippen LogP contribution in [0.3, 0.4) is 0 Å². The SMILES string of the molecule is CC(CCc1ccc(O)cc1)NCc1cnn(-c2ccccc2)c1. The number of hydrogen-bond acceptors (Lipinski definition) is 3. The highest BCUT2D eigenvalue weighted by Crippen LogP contribution is 2.12. The number of phenolic OH excluding ortho intramolecular Hbond substituents is 1. The molecule has 1 heterocycles. The van der Waals surface area contributed by atoms with Crippen molar-refractivity contribution in [3.8, 4) is 11.4 Å². The van der Waals surface area contributed by atoms with Gasteiger partial charge in [0.25, 0.3) is 0 Å². The summed E-state index contributed by atoms with van der Waals surface area (Å²) in [6.07, 6.45) is 6.02. The lowest BCUT2D eigenvalue weighted by atomic mass is 10.1. The Bertz CT molecular complexity index is 750. The number of rotatable bonds is 7. The maximum absolute atomic E-state index is 9.31. The van der Waals surface area contributed by atoms with Crippen molar-refractivity contribution < 1.29 is 5.11 Å². The van der Waals surface area contributed by atoms with Crippen LogP contribution in [0.5, 0.6) is 5.75 Å². The Morgan fingerprint density at radius 3 is 2.54 bits per heavy atom. The first-order chi connectivity index (χ1) is 11.7. The van der Waals surface area contributed by atoms with Crippen molar-refractivity contribution in [3.63, 3.8) is 0 Å². The molecule has 2 N–H and O–H groups in total. The minimum Gasteiger partial charge on any atom is -0.508 e. The minimum absolute atomic E-state index is 0.320. The van der Waals surface area contributed by atoms with E-state index in [0.717, 1.165) is 25.1 Å². The second-order valence-corrected chi connectivity index (χ2v) is 6.12. The van der Waals surface area contributed by atoms with Crippen LogP contribution in [0.1, 0.15) is 24.5 Å². The summed E-state index contributed by atoms with van der Waals surface area (Å²) in [5.74, 6) is 0.320. The van der Waals surface area contributed by atoms with Crippen LogP contribution in [0.15, 0.2) is 67.0 Å². The molecule has 0 fully saturated rings. The van der Waals surface area contributed by atoms with Gasteiger partial charge in [-0.2, -0.15) is 5.10 Å². The van der Waals surface area contributed by atoms with Crippen molar-refractivity contribution in [1.29, 1.82) is 0 Å². The summed E-state index contributed by atoms with van der Waals surface area (Å²) >= 11 is 0. The van der Waals surface area contributed by atoms with Crippen molar-refractivity contribution in [1.82, 2.24) is 15.1 Å². The maximum atomic E-state index is 9.31. The lowest BCUT2D eigenvalue weighted by Crippen LogP contribution is -2.25. The van der Waals surface area contributed by atoms with E-state index in [1.807, 2.05) is 53.3 Å². The van der Waals surface area contributed by atoms with Gasteiger partial charge in [0.05, 0.1) is 11.9 Å². The van der Waals surface area contributed by atoms with Gasteiger partial charge in [0.15, 0.2) is 0 Å². The smallest absolute Gasteiger partial charge is 0.115 e. The Labute approximate surface area is 142 Å². The van der Waals surface area contributed by atoms with E-state index in [1.165, 1.54) is 11.1 Å². The lowest BCUT2D eigenvalue weighted by molar-refractivity contribution is 0.474. The van der Waals surface area contributed by atoms with Crippen LogP contribution >= 0.6 is 0 Å². The van der Waals surface area contributed by atoms with E-state index < -0.39 is 0 Å². The van der Waals surface area contributed by atoms with Crippen LogP contribution in [0.4, 0.5) is 0 Å². The van der Waals surface area contributed by atoms with Crippen molar-refractivity contribution in [2.24, 2.45) is 0 Å². The second kappa shape index (κ2) is 7.79. The quantitative estimate of drug-likeness (QED) is 0.698. The molecule has 0 saturated heterocycles. The molecule has 0 aliphatic heterocycles. The Kier molecular flexibility index (Phi) is 5.29. The molecular formula is C20H23N3O. The molecule has 0 aliphatic rings. The molecule has 2 aromatic carbocycles. The van der Waals surface area contributed by atoms with Gasteiger partial charge < -0.3 is 10.4 Å². The maximum Gasteiger partial charge on any atom is 0.115 e. The zero-order valence-corrected chi connectivity index (χ0v) is 13.9. The third-order valence-corrected chi connectivity index (χ3v) is 4.11. The van der Waals surface area contributed by atoms with E-state index in [1.54, 1.807) is 12.1 Å². The number of para-hydroxylation sites is 1. The molecule has 0 amide bonds. The molecule has 0 aliphatic carbocycles. The van der Waals surface area contributed by atoms with Gasteiger partial charge in [0, 0.05) is 24.3 Å². The van der Waals surface area contributed by atoms with E-state index in [9.17, 15) is 5.11 Å². The van der Waals surface area contributed by atoms with Gasteiger partial charge in [-0.1, -0.05) is 30.3 Å². The zero-order valence-electron chi connectivity index (χ0n) is 13.9. The van der Waals surface area contributed by atoms with Gasteiger partial charge in [0.1, 0.15) is 5.75 Å². The number of phenols is 1. The molecule has 0 saturated carbocycles. The summed E-state index contributed by atoms with van der Waals surface area (Å²) in [4.78, 5) is 0. The summed E-state index contributed by atoms with van der Waals surface area (Å²) in [6.45, 7) is 3.01. The largest absolute Gasteiger partial charge is 0.508 e. The summed E-state index contributed by atoms with van der Waals surface area (Å²) in [5.41, 5.74) is 3.50. The number of nitrogens with one attached hydrogen (secondary N) is 1. The van der Waals surface area contributed by atoms with Crippen LogP contribution in [0, 0.1) is 0 Å². The summed E-state index contributed by atoms with van der Waals surface area (Å²) in [7, 11) is 0. The molecule has 4 nitrogen and oxygen atoms in total. The zero-order chi connectivity index (χ0) is 16.8. The van der Waals surface area contributed by atoms with Gasteiger partial charge in [-0.25, -0.2) is 4.68 Å². The molecule has 0 spiro atoms. The number of benzene rings is 2.